The second-order valence-corrected chi connectivity index (χ2v) is 17.4. The molecule has 6 rings (SSSR count). The highest BCUT2D eigenvalue weighted by Crippen LogP contribution is 2.75. The zero-order valence-corrected chi connectivity index (χ0v) is 28.0. The number of aliphatic carboxylic acids is 1. The van der Waals surface area contributed by atoms with Crippen molar-refractivity contribution < 1.29 is 24.5 Å². The highest BCUT2D eigenvalue weighted by Gasteiger charge is 2.69. The standard InChI is InChI=1S/C39H54O5/c1-34(2)20-22-39(33(42)43)23-21-37(6)27(28(39)24-34)13-14-30-36(5)18-17-31(35(3,4)29(36)16-19-38(30,37)7)44-32(41)15-10-25-8-11-26(40)12-9-25/h8-13,15,28-31,40H,14,16-24H2,1-7H3,(H,42,43)/t28-,29+,30-,31+,36+,37-,38-,39+/m1/s1. The molecule has 1 aromatic carbocycles. The smallest absolute Gasteiger partial charge is 0.331 e. The normalized spacial score (nSPS) is 42.2. The molecule has 2 N–H and O–H groups in total. The van der Waals surface area contributed by atoms with Crippen LogP contribution in [0, 0.1) is 50.2 Å². The molecule has 1 aromatic rings. The molecule has 5 aliphatic carbocycles. The molecular formula is C39H54O5. The predicted octanol–water partition coefficient (Wildman–Crippen LogP) is 9.20. The molecule has 4 fully saturated rings. The fourth-order valence-electron chi connectivity index (χ4n) is 11.7. The molecule has 8 atom stereocenters. The first-order valence-electron chi connectivity index (χ1n) is 17.1. The van der Waals surface area contributed by atoms with Gasteiger partial charge in [0.2, 0.25) is 0 Å². The van der Waals surface area contributed by atoms with E-state index in [0.29, 0.717) is 11.8 Å². The molecule has 5 nitrogen and oxygen atoms in total. The molecule has 240 valence electrons. The van der Waals surface area contributed by atoms with Crippen LogP contribution in [0.1, 0.15) is 118 Å². The van der Waals surface area contributed by atoms with Crippen LogP contribution < -0.4 is 0 Å². The van der Waals surface area contributed by atoms with Gasteiger partial charge in [-0.15, -0.1) is 0 Å². The number of fused-ring (bicyclic) bond motifs is 7. The summed E-state index contributed by atoms with van der Waals surface area (Å²) < 4.78 is 6.18. The van der Waals surface area contributed by atoms with E-state index in [9.17, 15) is 19.8 Å². The number of ether oxygens (including phenoxy) is 1. The van der Waals surface area contributed by atoms with E-state index in [2.05, 4.69) is 54.5 Å². The molecule has 5 aliphatic rings. The van der Waals surface area contributed by atoms with E-state index in [0.717, 1.165) is 69.8 Å². The Morgan fingerprint density at radius 1 is 0.864 bits per heavy atom. The lowest BCUT2D eigenvalue weighted by atomic mass is 9.33. The minimum absolute atomic E-state index is 0.00735. The summed E-state index contributed by atoms with van der Waals surface area (Å²) in [6, 6.07) is 6.79. The van der Waals surface area contributed by atoms with Crippen LogP contribution in [0.4, 0.5) is 0 Å². The number of carboxylic acids is 1. The maximum absolute atomic E-state index is 13.0. The average Bonchev–Trinajstić information content (AvgIpc) is 2.94. The van der Waals surface area contributed by atoms with E-state index in [1.165, 1.54) is 11.6 Å². The highest BCUT2D eigenvalue weighted by molar-refractivity contribution is 5.87. The first-order valence-corrected chi connectivity index (χ1v) is 17.1. The van der Waals surface area contributed by atoms with Crippen molar-refractivity contribution in [2.24, 2.45) is 50.2 Å². The number of esters is 1. The molecule has 0 bridgehead atoms. The van der Waals surface area contributed by atoms with Crippen LogP contribution in [0.15, 0.2) is 42.0 Å². The summed E-state index contributed by atoms with van der Waals surface area (Å²) in [7, 11) is 0. The summed E-state index contributed by atoms with van der Waals surface area (Å²) in [5.74, 6) is 0.409. The molecule has 44 heavy (non-hydrogen) atoms. The van der Waals surface area contributed by atoms with Gasteiger partial charge in [-0.3, -0.25) is 4.79 Å². The number of phenolic OH excluding ortho intramolecular Hbond substituents is 1. The van der Waals surface area contributed by atoms with Gasteiger partial charge in [0, 0.05) is 11.5 Å². The summed E-state index contributed by atoms with van der Waals surface area (Å²) in [4.78, 5) is 25.9. The molecule has 0 aliphatic heterocycles. The van der Waals surface area contributed by atoms with Gasteiger partial charge in [0.25, 0.3) is 0 Å². The molecule has 0 spiro atoms. The number of phenols is 1. The Kier molecular flexibility index (Phi) is 7.30. The van der Waals surface area contributed by atoms with Gasteiger partial charge in [0.05, 0.1) is 5.41 Å². The van der Waals surface area contributed by atoms with Crippen LogP contribution in [0.5, 0.6) is 5.75 Å². The van der Waals surface area contributed by atoms with Crippen molar-refractivity contribution in [2.45, 2.75) is 119 Å². The monoisotopic (exact) mass is 602 g/mol. The predicted molar refractivity (Wildman–Crippen MR) is 174 cm³/mol. The van der Waals surface area contributed by atoms with E-state index in [4.69, 9.17) is 4.74 Å². The molecule has 0 radical (unpaired) electrons. The number of carbonyl (C=O) groups excluding carboxylic acids is 1. The Hall–Kier alpha value is -2.56. The topological polar surface area (TPSA) is 83.8 Å². The zero-order chi connectivity index (χ0) is 31.9. The largest absolute Gasteiger partial charge is 0.508 e. The number of benzene rings is 1. The molecule has 0 aromatic heterocycles. The number of carboxylic acid groups (broad SMARTS) is 1. The van der Waals surface area contributed by atoms with Crippen LogP contribution in [0.3, 0.4) is 0 Å². The Morgan fingerprint density at radius 3 is 2.23 bits per heavy atom. The first-order chi connectivity index (χ1) is 20.5. The second kappa shape index (κ2) is 10.2. The van der Waals surface area contributed by atoms with Crippen molar-refractivity contribution in [3.8, 4) is 5.75 Å². The third-order valence-corrected chi connectivity index (χ3v) is 14.6. The fourth-order valence-corrected chi connectivity index (χ4v) is 11.7. The number of allylic oxidation sites excluding steroid dienone is 2. The van der Waals surface area contributed by atoms with E-state index in [1.807, 2.05) is 0 Å². The summed E-state index contributed by atoms with van der Waals surface area (Å²) in [6.07, 6.45) is 15.3. The maximum atomic E-state index is 13.0. The average molecular weight is 603 g/mol. The molecule has 5 heteroatoms. The van der Waals surface area contributed by atoms with E-state index in [1.54, 1.807) is 30.3 Å². The maximum Gasteiger partial charge on any atom is 0.331 e. The summed E-state index contributed by atoms with van der Waals surface area (Å²) in [5, 5.41) is 20.2. The minimum atomic E-state index is -0.605. The second-order valence-electron chi connectivity index (χ2n) is 17.4. The Morgan fingerprint density at radius 2 is 1.55 bits per heavy atom. The van der Waals surface area contributed by atoms with Crippen LogP contribution >= 0.6 is 0 Å². The molecule has 0 heterocycles. The lowest BCUT2D eigenvalue weighted by Crippen LogP contribution is -2.65. The molecule has 0 amide bonds. The van der Waals surface area contributed by atoms with Crippen molar-refractivity contribution in [2.75, 3.05) is 0 Å². The Balaban J connectivity index is 1.26. The van der Waals surface area contributed by atoms with Gasteiger partial charge in [-0.05, 0) is 127 Å². The van der Waals surface area contributed by atoms with E-state index < -0.39 is 11.4 Å². The molecule has 0 unspecified atom stereocenters. The van der Waals surface area contributed by atoms with Gasteiger partial charge in [-0.1, -0.05) is 72.2 Å². The third kappa shape index (κ3) is 4.53. The summed E-state index contributed by atoms with van der Waals surface area (Å²) >= 11 is 0. The fraction of sp³-hybridized carbons (Fsp3) is 0.692. The van der Waals surface area contributed by atoms with Crippen molar-refractivity contribution in [1.29, 1.82) is 0 Å². The number of carbonyl (C=O) groups is 2. The quantitative estimate of drug-likeness (QED) is 0.204. The van der Waals surface area contributed by atoms with Gasteiger partial charge in [0.15, 0.2) is 0 Å². The van der Waals surface area contributed by atoms with Gasteiger partial charge in [-0.2, -0.15) is 0 Å². The number of hydrogen-bond acceptors (Lipinski definition) is 4. The lowest BCUT2D eigenvalue weighted by molar-refractivity contribution is -0.212. The van der Waals surface area contributed by atoms with Crippen molar-refractivity contribution in [1.82, 2.24) is 0 Å². The third-order valence-electron chi connectivity index (χ3n) is 14.6. The lowest BCUT2D eigenvalue weighted by Gasteiger charge is -2.71. The van der Waals surface area contributed by atoms with Crippen LogP contribution in [0.2, 0.25) is 0 Å². The van der Waals surface area contributed by atoms with E-state index >= 15 is 0 Å². The van der Waals surface area contributed by atoms with Gasteiger partial charge in [-0.25, -0.2) is 4.79 Å². The van der Waals surface area contributed by atoms with Crippen LogP contribution in [-0.4, -0.2) is 28.3 Å². The molecule has 4 saturated carbocycles. The highest BCUT2D eigenvalue weighted by atomic mass is 16.5. The summed E-state index contributed by atoms with van der Waals surface area (Å²) in [5.41, 5.74) is 1.98. The zero-order valence-electron chi connectivity index (χ0n) is 28.0. The Labute approximate surface area is 264 Å². The van der Waals surface area contributed by atoms with Gasteiger partial charge >= 0.3 is 11.9 Å². The van der Waals surface area contributed by atoms with Gasteiger partial charge < -0.3 is 14.9 Å². The van der Waals surface area contributed by atoms with E-state index in [-0.39, 0.29) is 50.8 Å². The van der Waals surface area contributed by atoms with Crippen LogP contribution in [-0.2, 0) is 14.3 Å². The molecule has 0 saturated heterocycles. The number of hydrogen-bond donors (Lipinski definition) is 2. The van der Waals surface area contributed by atoms with Crippen LogP contribution in [0.25, 0.3) is 6.08 Å². The van der Waals surface area contributed by atoms with Crippen molar-refractivity contribution >= 4 is 18.0 Å². The SMILES string of the molecule is CC1(C)CC[C@]2(C(=O)O)CC[C@]3(C)C(=CC[C@@H]4[C@@]5(C)CC[C@H](OC(=O)C=Cc6ccc(O)cc6)C(C)(C)[C@@H]5CC[C@]43C)[C@H]2C1. The number of rotatable bonds is 4. The summed E-state index contributed by atoms with van der Waals surface area (Å²) in [6.45, 7) is 16.9. The Bertz CT molecular complexity index is 1390. The van der Waals surface area contributed by atoms with Crippen molar-refractivity contribution in [3.05, 3.63) is 47.6 Å². The first kappa shape index (κ1) is 31.4. The van der Waals surface area contributed by atoms with Gasteiger partial charge in [0.1, 0.15) is 11.9 Å². The minimum Gasteiger partial charge on any atom is -0.508 e. The van der Waals surface area contributed by atoms with Crippen molar-refractivity contribution in [3.63, 3.8) is 0 Å². The number of aromatic hydroxyl groups is 1. The molecular weight excluding hydrogens is 548 g/mol.